The van der Waals surface area contributed by atoms with Gasteiger partial charge in [0.05, 0.1) is 19.1 Å². The summed E-state index contributed by atoms with van der Waals surface area (Å²) in [6.45, 7) is 2.74. The third-order valence-electron chi connectivity index (χ3n) is 3.91. The molecule has 0 unspecified atom stereocenters. The Morgan fingerprint density at radius 2 is 1.89 bits per heavy atom. The minimum atomic E-state index is -1.18. The van der Waals surface area contributed by atoms with E-state index in [4.69, 9.17) is 14.6 Å². The minimum absolute atomic E-state index is 0.0573. The van der Waals surface area contributed by atoms with Crippen molar-refractivity contribution in [2.45, 2.75) is 26.0 Å². The lowest BCUT2D eigenvalue weighted by atomic mass is 10.1. The number of carbonyl (C=O) groups is 4. The lowest BCUT2D eigenvalue weighted by molar-refractivity contribution is -0.148. The standard InChI is InChI=1S/C18H19NO8S/c1-9(17(23)26-4)19-15(20)13(28-18(19)24)8-11-6-5-7-12(25-3)14(11)27-10(2)16(21)22/h5-10H,1-4H3,(H,21,22)/b13-8+/t9-,10+/m0/s1. The molecule has 1 aromatic carbocycles. The van der Waals surface area contributed by atoms with E-state index in [0.717, 1.165) is 12.0 Å². The average Bonchev–Trinajstić information content (AvgIpc) is 2.94. The summed E-state index contributed by atoms with van der Waals surface area (Å²) < 4.78 is 15.3. The van der Waals surface area contributed by atoms with Crippen LogP contribution >= 0.6 is 11.8 Å². The number of esters is 1. The molecule has 1 heterocycles. The highest BCUT2D eigenvalue weighted by molar-refractivity contribution is 8.18. The first-order chi connectivity index (χ1) is 13.2. The number of carboxylic acids is 1. The number of ether oxygens (including phenoxy) is 3. The summed E-state index contributed by atoms with van der Waals surface area (Å²) in [5.74, 6) is -2.17. The Bertz CT molecular complexity index is 850. The number of carbonyl (C=O) groups excluding carboxylic acids is 3. The first-order valence-electron chi connectivity index (χ1n) is 8.12. The van der Waals surface area contributed by atoms with Gasteiger partial charge in [-0.15, -0.1) is 0 Å². The van der Waals surface area contributed by atoms with Crippen molar-refractivity contribution in [2.75, 3.05) is 14.2 Å². The number of para-hydroxylation sites is 1. The van der Waals surface area contributed by atoms with Gasteiger partial charge in [0.15, 0.2) is 17.6 Å². The normalized spacial score (nSPS) is 17.4. The summed E-state index contributed by atoms with van der Waals surface area (Å²) in [5.41, 5.74) is 0.351. The summed E-state index contributed by atoms with van der Waals surface area (Å²) in [5, 5.41) is 8.48. The fourth-order valence-corrected chi connectivity index (χ4v) is 3.29. The summed E-state index contributed by atoms with van der Waals surface area (Å²) in [4.78, 5) is 48.5. The number of carboxylic acid groups (broad SMARTS) is 1. The minimum Gasteiger partial charge on any atom is -0.493 e. The Morgan fingerprint density at radius 3 is 2.46 bits per heavy atom. The predicted molar refractivity (Wildman–Crippen MR) is 100 cm³/mol. The van der Waals surface area contributed by atoms with Gasteiger partial charge >= 0.3 is 11.9 Å². The van der Waals surface area contributed by atoms with Crippen LogP contribution in [-0.4, -0.2) is 59.5 Å². The van der Waals surface area contributed by atoms with E-state index in [2.05, 4.69) is 4.74 Å². The van der Waals surface area contributed by atoms with E-state index in [1.165, 1.54) is 27.0 Å². The molecule has 0 aliphatic carbocycles. The highest BCUT2D eigenvalue weighted by atomic mass is 32.2. The van der Waals surface area contributed by atoms with Gasteiger partial charge in [0.1, 0.15) is 6.04 Å². The van der Waals surface area contributed by atoms with Crippen LogP contribution in [-0.2, 0) is 19.1 Å². The van der Waals surface area contributed by atoms with Crippen molar-refractivity contribution >= 4 is 40.9 Å². The lowest BCUT2D eigenvalue weighted by Crippen LogP contribution is -2.42. The van der Waals surface area contributed by atoms with Crippen LogP contribution in [0.4, 0.5) is 4.79 Å². The fourth-order valence-electron chi connectivity index (χ4n) is 2.39. The van der Waals surface area contributed by atoms with Crippen LogP contribution in [0.5, 0.6) is 11.5 Å². The van der Waals surface area contributed by atoms with Crippen molar-refractivity contribution in [3.05, 3.63) is 28.7 Å². The lowest BCUT2D eigenvalue weighted by Gasteiger charge is -2.18. The van der Waals surface area contributed by atoms with Crippen LogP contribution in [0.1, 0.15) is 19.4 Å². The molecule has 2 rings (SSSR count). The number of methoxy groups -OCH3 is 2. The SMILES string of the molecule is COC(=O)[C@H](C)N1C(=O)S/C(=C/c2cccc(OC)c2O[C@H](C)C(=O)O)C1=O. The number of benzene rings is 1. The molecule has 150 valence electrons. The molecule has 1 fully saturated rings. The summed E-state index contributed by atoms with van der Waals surface area (Å²) >= 11 is 0.658. The zero-order chi connectivity index (χ0) is 21.0. The number of aliphatic carboxylic acids is 1. The number of imide groups is 1. The molecule has 1 aliphatic heterocycles. The first-order valence-corrected chi connectivity index (χ1v) is 8.94. The Hall–Kier alpha value is -3.01. The van der Waals surface area contributed by atoms with Gasteiger partial charge in [0.25, 0.3) is 11.1 Å². The molecule has 10 heteroatoms. The molecule has 0 bridgehead atoms. The van der Waals surface area contributed by atoms with Gasteiger partial charge in [0.2, 0.25) is 0 Å². The average molecular weight is 409 g/mol. The van der Waals surface area contributed by atoms with E-state index < -0.39 is 35.2 Å². The van der Waals surface area contributed by atoms with Crippen LogP contribution < -0.4 is 9.47 Å². The molecule has 0 spiro atoms. The van der Waals surface area contributed by atoms with Crippen LogP contribution in [0.25, 0.3) is 6.08 Å². The maximum Gasteiger partial charge on any atom is 0.344 e. The van der Waals surface area contributed by atoms with Gasteiger partial charge in [-0.1, -0.05) is 12.1 Å². The van der Waals surface area contributed by atoms with E-state index in [0.29, 0.717) is 17.3 Å². The molecule has 28 heavy (non-hydrogen) atoms. The molecular weight excluding hydrogens is 390 g/mol. The maximum absolute atomic E-state index is 12.6. The Labute approximate surface area is 165 Å². The third-order valence-corrected chi connectivity index (χ3v) is 4.80. The smallest absolute Gasteiger partial charge is 0.344 e. The second-order valence-corrected chi connectivity index (χ2v) is 6.72. The quantitative estimate of drug-likeness (QED) is 0.533. The Morgan fingerprint density at radius 1 is 1.21 bits per heavy atom. The largest absolute Gasteiger partial charge is 0.493 e. The second-order valence-electron chi connectivity index (χ2n) is 5.73. The van der Waals surface area contributed by atoms with E-state index in [1.807, 2.05) is 0 Å². The summed E-state index contributed by atoms with van der Waals surface area (Å²) in [6.07, 6.45) is 0.222. The van der Waals surface area contributed by atoms with E-state index in [-0.39, 0.29) is 16.4 Å². The summed E-state index contributed by atoms with van der Waals surface area (Å²) in [7, 11) is 2.56. The zero-order valence-electron chi connectivity index (χ0n) is 15.6. The van der Waals surface area contributed by atoms with Gasteiger partial charge in [-0.05, 0) is 37.8 Å². The van der Waals surface area contributed by atoms with Gasteiger partial charge in [-0.2, -0.15) is 0 Å². The number of amides is 2. The van der Waals surface area contributed by atoms with E-state index in [9.17, 15) is 19.2 Å². The molecular formula is C18H19NO8S. The molecule has 2 atom stereocenters. The topological polar surface area (TPSA) is 119 Å². The first kappa shape index (κ1) is 21.3. The predicted octanol–water partition coefficient (Wildman–Crippen LogP) is 2.14. The van der Waals surface area contributed by atoms with E-state index in [1.54, 1.807) is 18.2 Å². The third kappa shape index (κ3) is 4.28. The molecule has 1 saturated heterocycles. The molecule has 1 aromatic rings. The number of nitrogens with zero attached hydrogens (tertiary/aromatic N) is 1. The number of thioether (sulfide) groups is 1. The van der Waals surface area contributed by atoms with Crippen molar-refractivity contribution in [3.8, 4) is 11.5 Å². The van der Waals surface area contributed by atoms with Gasteiger partial charge < -0.3 is 19.3 Å². The molecule has 1 aliphatic rings. The van der Waals surface area contributed by atoms with Gasteiger partial charge in [0, 0.05) is 5.56 Å². The van der Waals surface area contributed by atoms with E-state index >= 15 is 0 Å². The molecule has 0 radical (unpaired) electrons. The number of hydrogen-bond donors (Lipinski definition) is 1. The Kier molecular flexibility index (Phi) is 6.68. The maximum atomic E-state index is 12.6. The van der Waals surface area contributed by atoms with Gasteiger partial charge in [-0.25, -0.2) is 9.59 Å². The summed E-state index contributed by atoms with van der Waals surface area (Å²) in [6, 6.07) is 3.72. The Balaban J connectivity index is 2.42. The zero-order valence-corrected chi connectivity index (χ0v) is 16.4. The van der Waals surface area contributed by atoms with Crippen molar-refractivity contribution in [3.63, 3.8) is 0 Å². The fraction of sp³-hybridized carbons (Fsp3) is 0.333. The van der Waals surface area contributed by atoms with Crippen LogP contribution in [0.2, 0.25) is 0 Å². The highest BCUT2D eigenvalue weighted by Crippen LogP contribution is 2.38. The molecule has 9 nitrogen and oxygen atoms in total. The number of rotatable bonds is 7. The second kappa shape index (κ2) is 8.79. The molecule has 1 N–H and O–H groups in total. The van der Waals surface area contributed by atoms with Crippen LogP contribution in [0.3, 0.4) is 0 Å². The van der Waals surface area contributed by atoms with Crippen molar-refractivity contribution < 1.29 is 38.5 Å². The molecule has 0 saturated carbocycles. The molecule has 0 aromatic heterocycles. The number of hydrogen-bond acceptors (Lipinski definition) is 8. The van der Waals surface area contributed by atoms with Gasteiger partial charge in [-0.3, -0.25) is 14.5 Å². The van der Waals surface area contributed by atoms with Crippen molar-refractivity contribution in [1.29, 1.82) is 0 Å². The molecule has 2 amide bonds. The highest BCUT2D eigenvalue weighted by Gasteiger charge is 2.41. The van der Waals surface area contributed by atoms with Crippen molar-refractivity contribution in [2.24, 2.45) is 0 Å². The van der Waals surface area contributed by atoms with Crippen LogP contribution in [0, 0.1) is 0 Å². The monoisotopic (exact) mass is 409 g/mol. The van der Waals surface area contributed by atoms with Crippen LogP contribution in [0.15, 0.2) is 23.1 Å². The van der Waals surface area contributed by atoms with Crippen molar-refractivity contribution in [1.82, 2.24) is 4.90 Å².